The zero-order valence-corrected chi connectivity index (χ0v) is 20.8. The van der Waals surface area contributed by atoms with Crippen molar-refractivity contribution in [2.24, 2.45) is 0 Å². The largest absolute Gasteiger partial charge is 0.387 e. The number of piperidine rings is 1. The van der Waals surface area contributed by atoms with Crippen molar-refractivity contribution in [2.45, 2.75) is 69.4 Å². The van der Waals surface area contributed by atoms with Crippen LogP contribution in [-0.4, -0.2) is 64.2 Å². The number of aromatic amines is 1. The molecule has 10 nitrogen and oxygen atoms in total. The van der Waals surface area contributed by atoms with Crippen LogP contribution in [0, 0.1) is 6.92 Å². The minimum atomic E-state index is -0.423. The van der Waals surface area contributed by atoms with Gasteiger partial charge in [0.1, 0.15) is 18.1 Å². The fourth-order valence-corrected chi connectivity index (χ4v) is 6.48. The van der Waals surface area contributed by atoms with Gasteiger partial charge in [-0.05, 0) is 57.4 Å². The Bertz CT molecular complexity index is 1490. The van der Waals surface area contributed by atoms with Gasteiger partial charge in [-0.25, -0.2) is 9.97 Å². The quantitative estimate of drug-likeness (QED) is 0.384. The van der Waals surface area contributed by atoms with Gasteiger partial charge in [-0.15, -0.1) is 0 Å². The number of hydrogen-bond donors (Lipinski definition) is 3. The first-order valence-electron chi connectivity index (χ1n) is 13.1. The minimum absolute atomic E-state index is 0.154. The third-order valence-corrected chi connectivity index (χ3v) is 8.30. The predicted octanol–water partition coefficient (Wildman–Crippen LogP) is 3.18. The average molecular weight is 499 g/mol. The molecule has 190 valence electrons. The number of aryl methyl sites for hydroxylation is 1. The van der Waals surface area contributed by atoms with E-state index in [9.17, 15) is 9.90 Å². The maximum Gasteiger partial charge on any atom is 0.248 e. The number of aromatic nitrogens is 6. The molecule has 4 N–H and O–H groups in total. The van der Waals surface area contributed by atoms with Crippen molar-refractivity contribution in [3.63, 3.8) is 0 Å². The summed E-state index contributed by atoms with van der Waals surface area (Å²) >= 11 is 0. The Labute approximate surface area is 214 Å². The first-order valence-corrected chi connectivity index (χ1v) is 13.1. The number of carbonyl (C=O) groups is 1. The number of carbonyl (C=O) groups excluding carboxylic acids is 1. The molecule has 4 aromatic rings. The van der Waals surface area contributed by atoms with Crippen LogP contribution in [0.1, 0.15) is 67.3 Å². The average Bonchev–Trinajstić information content (AvgIpc) is 3.40. The SMILES string of the molecule is Cc1cnc(-c2ccc(-c3cnn4c(N)c(C5CC5)c(C5CC6CCC(C5)N6C(=O)CO)nc34)cn2)[nH]1. The number of H-pyrrole nitrogens is 1. The molecule has 3 fully saturated rings. The summed E-state index contributed by atoms with van der Waals surface area (Å²) in [5.74, 6) is 1.91. The van der Waals surface area contributed by atoms with Crippen LogP contribution in [-0.2, 0) is 4.79 Å². The van der Waals surface area contributed by atoms with Crippen molar-refractivity contribution in [2.75, 3.05) is 12.3 Å². The summed E-state index contributed by atoms with van der Waals surface area (Å²) in [6, 6.07) is 4.27. The Morgan fingerprint density at radius 3 is 2.49 bits per heavy atom. The summed E-state index contributed by atoms with van der Waals surface area (Å²) in [4.78, 5) is 31.8. The lowest BCUT2D eigenvalue weighted by atomic mass is 9.85. The second-order valence-corrected chi connectivity index (χ2v) is 10.7. The fourth-order valence-electron chi connectivity index (χ4n) is 6.48. The van der Waals surface area contributed by atoms with E-state index in [-0.39, 0.29) is 23.9 Å². The third-order valence-electron chi connectivity index (χ3n) is 8.30. The van der Waals surface area contributed by atoms with E-state index in [0.717, 1.165) is 83.8 Å². The number of nitrogens with two attached hydrogens (primary N) is 1. The summed E-state index contributed by atoms with van der Waals surface area (Å²) < 4.78 is 1.77. The van der Waals surface area contributed by atoms with Gasteiger partial charge in [0.15, 0.2) is 11.5 Å². The number of rotatable bonds is 5. The molecule has 4 aromatic heterocycles. The zero-order chi connectivity index (χ0) is 25.3. The van der Waals surface area contributed by atoms with E-state index in [1.165, 1.54) is 0 Å². The highest BCUT2D eigenvalue weighted by Gasteiger charge is 2.45. The number of pyridine rings is 1. The standard InChI is InChI=1S/C27H30N8O2/c1-14-10-30-26(32-14)21-7-4-16(11-29-21)20-12-31-35-25(28)23(15-2-3-15)24(33-27(20)35)17-8-18-5-6-19(9-17)34(18)22(37)13-36/h4,7,10-12,15,17-19,36H,2-3,5-6,8-9,13,28H2,1H3,(H,30,32). The molecule has 7 rings (SSSR count). The molecule has 6 heterocycles. The Morgan fingerprint density at radius 1 is 1.08 bits per heavy atom. The van der Waals surface area contributed by atoms with E-state index in [1.54, 1.807) is 10.7 Å². The van der Waals surface area contributed by atoms with E-state index in [1.807, 2.05) is 36.4 Å². The summed E-state index contributed by atoms with van der Waals surface area (Å²) in [6.45, 7) is 1.54. The summed E-state index contributed by atoms with van der Waals surface area (Å²) in [5, 5.41) is 14.1. The molecule has 1 saturated carbocycles. The zero-order valence-electron chi connectivity index (χ0n) is 20.8. The lowest BCUT2D eigenvalue weighted by molar-refractivity contribution is -0.138. The van der Waals surface area contributed by atoms with Crippen LogP contribution in [0.25, 0.3) is 28.3 Å². The topological polar surface area (TPSA) is 138 Å². The normalized spacial score (nSPS) is 23.2. The third kappa shape index (κ3) is 3.61. The highest BCUT2D eigenvalue weighted by atomic mass is 16.3. The molecule has 1 amide bonds. The van der Waals surface area contributed by atoms with Crippen molar-refractivity contribution in [3.8, 4) is 22.6 Å². The number of hydrogen-bond acceptors (Lipinski definition) is 7. The van der Waals surface area contributed by atoms with E-state index in [2.05, 4.69) is 20.1 Å². The van der Waals surface area contributed by atoms with Crippen LogP contribution in [0.4, 0.5) is 5.82 Å². The molecular weight excluding hydrogens is 468 g/mol. The van der Waals surface area contributed by atoms with Crippen LogP contribution in [0.2, 0.25) is 0 Å². The second-order valence-electron chi connectivity index (χ2n) is 10.7. The molecule has 2 bridgehead atoms. The lowest BCUT2D eigenvalue weighted by Gasteiger charge is -2.39. The smallest absolute Gasteiger partial charge is 0.248 e. The first-order chi connectivity index (χ1) is 18.0. The minimum Gasteiger partial charge on any atom is -0.387 e. The van der Waals surface area contributed by atoms with Gasteiger partial charge in [0.05, 0.1) is 11.9 Å². The number of aliphatic hydroxyl groups is 1. The van der Waals surface area contributed by atoms with Crippen molar-refractivity contribution < 1.29 is 9.90 Å². The van der Waals surface area contributed by atoms with Gasteiger partial charge in [-0.3, -0.25) is 9.78 Å². The molecule has 0 aromatic carbocycles. The van der Waals surface area contributed by atoms with Gasteiger partial charge in [-0.2, -0.15) is 9.61 Å². The Kier molecular flexibility index (Phi) is 5.07. The van der Waals surface area contributed by atoms with Gasteiger partial charge in [0, 0.05) is 52.8 Å². The van der Waals surface area contributed by atoms with E-state index in [4.69, 9.17) is 10.7 Å². The molecule has 3 aliphatic rings. The Hall–Kier alpha value is -3.79. The maximum absolute atomic E-state index is 12.4. The van der Waals surface area contributed by atoms with Crippen LogP contribution in [0.3, 0.4) is 0 Å². The number of imidazole rings is 1. The molecule has 2 unspecified atom stereocenters. The molecule has 1 aliphatic carbocycles. The van der Waals surface area contributed by atoms with E-state index < -0.39 is 6.61 Å². The number of anilines is 1. The summed E-state index contributed by atoms with van der Waals surface area (Å²) in [6.07, 6.45) is 11.3. The molecular formula is C27H30N8O2. The number of nitrogens with zero attached hydrogens (tertiary/aromatic N) is 6. The number of nitrogen functional groups attached to an aromatic ring is 1. The van der Waals surface area contributed by atoms with Crippen LogP contribution >= 0.6 is 0 Å². The Morgan fingerprint density at radius 2 is 1.86 bits per heavy atom. The van der Waals surface area contributed by atoms with Gasteiger partial charge in [-0.1, -0.05) is 6.07 Å². The lowest BCUT2D eigenvalue weighted by Crippen LogP contribution is -2.47. The fraction of sp³-hybridized carbons (Fsp3) is 0.444. The second kappa shape index (κ2) is 8.37. The predicted molar refractivity (Wildman–Crippen MR) is 138 cm³/mol. The summed E-state index contributed by atoms with van der Waals surface area (Å²) in [5.41, 5.74) is 13.3. The molecule has 2 saturated heterocycles. The number of fused-ring (bicyclic) bond motifs is 3. The monoisotopic (exact) mass is 498 g/mol. The molecule has 37 heavy (non-hydrogen) atoms. The molecule has 0 radical (unpaired) electrons. The number of nitrogens with one attached hydrogen (secondary N) is 1. The number of aliphatic hydroxyl groups excluding tert-OH is 1. The highest BCUT2D eigenvalue weighted by molar-refractivity contribution is 5.80. The van der Waals surface area contributed by atoms with Crippen LogP contribution < -0.4 is 5.73 Å². The van der Waals surface area contributed by atoms with Crippen LogP contribution in [0.15, 0.2) is 30.7 Å². The van der Waals surface area contributed by atoms with Gasteiger partial charge >= 0.3 is 0 Å². The van der Waals surface area contributed by atoms with Gasteiger partial charge in [0.2, 0.25) is 5.91 Å². The van der Waals surface area contributed by atoms with Gasteiger partial charge < -0.3 is 20.7 Å². The maximum atomic E-state index is 12.4. The molecule has 0 spiro atoms. The van der Waals surface area contributed by atoms with Crippen molar-refractivity contribution in [1.29, 1.82) is 0 Å². The molecule has 2 aliphatic heterocycles. The first kappa shape index (κ1) is 22.4. The van der Waals surface area contributed by atoms with Crippen LogP contribution in [0.5, 0.6) is 0 Å². The van der Waals surface area contributed by atoms with Crippen molar-refractivity contribution >= 4 is 17.4 Å². The number of amides is 1. The molecule has 2 atom stereocenters. The molecule has 10 heteroatoms. The van der Waals surface area contributed by atoms with E-state index >= 15 is 0 Å². The summed E-state index contributed by atoms with van der Waals surface area (Å²) in [7, 11) is 0. The Balaban J connectivity index is 1.28. The van der Waals surface area contributed by atoms with Crippen molar-refractivity contribution in [3.05, 3.63) is 47.7 Å². The van der Waals surface area contributed by atoms with Crippen molar-refractivity contribution in [1.82, 2.24) is 34.4 Å². The van der Waals surface area contributed by atoms with Gasteiger partial charge in [0.25, 0.3) is 0 Å². The highest BCUT2D eigenvalue weighted by Crippen LogP contribution is 2.50. The van der Waals surface area contributed by atoms with E-state index in [0.29, 0.717) is 11.7 Å².